The predicted molar refractivity (Wildman–Crippen MR) is 206 cm³/mol. The highest BCUT2D eigenvalue weighted by Crippen LogP contribution is 2.15. The summed E-state index contributed by atoms with van der Waals surface area (Å²) >= 11 is 0. The molecule has 2 aromatic rings. The minimum atomic E-state index is -1.71. The van der Waals surface area contributed by atoms with Crippen LogP contribution in [0.25, 0.3) is 0 Å². The number of nitrogens with one attached hydrogen (secondary N) is 6. The number of alkyl carbamates (subject to hydrolysis) is 1. The van der Waals surface area contributed by atoms with Crippen LogP contribution in [0.1, 0.15) is 65.0 Å². The normalized spacial score (nSPS) is 25.0. The molecule has 0 aromatic heterocycles. The van der Waals surface area contributed by atoms with Gasteiger partial charge in [0.1, 0.15) is 54.7 Å². The number of cyclic esters (lactones) is 1. The Hall–Kier alpha value is -6.24. The lowest BCUT2D eigenvalue weighted by atomic mass is 9.96. The molecule has 0 spiro atoms. The number of aliphatic hydroxyl groups excluding tert-OH is 1. The summed E-state index contributed by atoms with van der Waals surface area (Å²) in [4.78, 5) is 107. The number of phenolic OH excluding ortho intramolecular Hbond substituents is 1. The van der Waals surface area contributed by atoms with Gasteiger partial charge in [0.25, 0.3) is 0 Å². The first-order chi connectivity index (χ1) is 27.4. The van der Waals surface area contributed by atoms with Gasteiger partial charge in [-0.3, -0.25) is 28.8 Å². The van der Waals surface area contributed by atoms with Crippen molar-refractivity contribution in [3.63, 3.8) is 0 Å². The number of carbonyl (C=O) groups excluding carboxylic acids is 8. The number of amides is 7. The summed E-state index contributed by atoms with van der Waals surface area (Å²) in [6, 6.07) is 5.24. The molecule has 58 heavy (non-hydrogen) atoms. The number of aromatic hydroxyl groups is 1. The van der Waals surface area contributed by atoms with Crippen molar-refractivity contribution in [3.05, 3.63) is 65.7 Å². The molecule has 1 aliphatic heterocycles. The molecule has 0 radical (unpaired) electrons. The molecule has 19 nitrogen and oxygen atoms in total. The topological polar surface area (TPSA) is 294 Å². The number of carbonyl (C=O) groups is 8. The van der Waals surface area contributed by atoms with Gasteiger partial charge in [-0.25, -0.2) is 9.59 Å². The maximum Gasteiger partial charge on any atom is 0.408 e. The zero-order chi connectivity index (χ0) is 43.1. The molecular formula is C39H53N7O12. The molecule has 2 aromatic carbocycles. The van der Waals surface area contributed by atoms with Crippen molar-refractivity contribution in [1.29, 1.82) is 0 Å². The number of hydrogen-bond acceptors (Lipinski definition) is 12. The Kier molecular flexibility index (Phi) is 17.4. The Labute approximate surface area is 335 Å². The SMILES string of the molecule is CC[C@@H](C)[C@H]1NC(=O)C(NC(=O)OCc2ccccc2)C(C)OC(=O)[C@@H](C)NC(=O)[C@@H](CCC(N)=O)NC(=O)[C@@H]([C@H](C)O)NC(=O)C(Cc2ccc(O)cc2)NC1=O. The van der Waals surface area contributed by atoms with Crippen molar-refractivity contribution in [3.8, 4) is 5.75 Å². The van der Waals surface area contributed by atoms with Gasteiger partial charge < -0.3 is 57.3 Å². The zero-order valence-electron chi connectivity index (χ0n) is 33.0. The van der Waals surface area contributed by atoms with E-state index in [0.717, 1.165) is 0 Å². The standard InChI is InChI=1S/C39H53N7O12/c1-6-20(2)30-35(52)43-28(18-24-12-14-26(48)15-13-24)34(51)45-31(22(4)47)36(53)42-27(16-17-29(40)49)33(50)41-21(3)38(55)58-23(5)32(37(54)44-30)46-39(56)57-19-25-10-8-7-9-11-25/h7-15,20-23,27-28,30-32,47-48H,6,16-19H2,1-5H3,(H2,40,49)(H,41,50)(H,42,53)(H,43,52)(H,44,54)(H,45,51)(H,46,56)/t20-,21-,22+,23?,27-,28?,30-,31-,32?/m1/s1. The van der Waals surface area contributed by atoms with Gasteiger partial charge in [-0.1, -0.05) is 62.7 Å². The smallest absolute Gasteiger partial charge is 0.408 e. The molecule has 1 heterocycles. The van der Waals surface area contributed by atoms with Gasteiger partial charge in [0, 0.05) is 12.8 Å². The van der Waals surface area contributed by atoms with Gasteiger partial charge in [0.15, 0.2) is 0 Å². The Bertz CT molecular complexity index is 1780. The fourth-order valence-corrected chi connectivity index (χ4v) is 5.77. The number of benzene rings is 2. The van der Waals surface area contributed by atoms with Crippen LogP contribution in [0.4, 0.5) is 4.79 Å². The summed E-state index contributed by atoms with van der Waals surface area (Å²) in [7, 11) is 0. The van der Waals surface area contributed by atoms with E-state index in [1.54, 1.807) is 44.2 Å². The van der Waals surface area contributed by atoms with E-state index in [2.05, 4.69) is 31.9 Å². The van der Waals surface area contributed by atoms with Crippen LogP contribution in [0.2, 0.25) is 0 Å². The first kappa shape index (κ1) is 46.1. The van der Waals surface area contributed by atoms with E-state index in [1.807, 2.05) is 0 Å². The van der Waals surface area contributed by atoms with E-state index >= 15 is 0 Å². The quantitative estimate of drug-likeness (QED) is 0.128. The van der Waals surface area contributed by atoms with E-state index in [-0.39, 0.29) is 31.6 Å². The van der Waals surface area contributed by atoms with E-state index in [4.69, 9.17) is 15.2 Å². The number of aliphatic hydroxyl groups is 1. The molecule has 316 valence electrons. The first-order valence-corrected chi connectivity index (χ1v) is 18.8. The molecular weight excluding hydrogens is 758 g/mol. The lowest BCUT2D eigenvalue weighted by molar-refractivity contribution is -0.154. The summed E-state index contributed by atoms with van der Waals surface area (Å²) in [5.74, 6) is -7.32. The maximum atomic E-state index is 14.1. The maximum absolute atomic E-state index is 14.1. The molecule has 3 unspecified atom stereocenters. The van der Waals surface area contributed by atoms with Crippen molar-refractivity contribution >= 4 is 47.5 Å². The third-order valence-corrected chi connectivity index (χ3v) is 9.43. The number of primary amides is 1. The van der Waals surface area contributed by atoms with Crippen molar-refractivity contribution in [1.82, 2.24) is 31.9 Å². The van der Waals surface area contributed by atoms with Crippen LogP contribution < -0.4 is 37.6 Å². The molecule has 0 bridgehead atoms. The number of ether oxygens (including phenoxy) is 2. The summed E-state index contributed by atoms with van der Waals surface area (Å²) < 4.78 is 10.8. The van der Waals surface area contributed by atoms with E-state index < -0.39 is 102 Å². The van der Waals surface area contributed by atoms with Gasteiger partial charge in [-0.15, -0.1) is 0 Å². The summed E-state index contributed by atoms with van der Waals surface area (Å²) in [5.41, 5.74) is 6.40. The number of phenols is 1. The van der Waals surface area contributed by atoms with E-state index in [1.165, 1.54) is 45.0 Å². The molecule has 0 saturated carbocycles. The molecule has 1 aliphatic rings. The Morgan fingerprint density at radius 2 is 1.38 bits per heavy atom. The van der Waals surface area contributed by atoms with Crippen molar-refractivity contribution in [2.45, 2.75) is 115 Å². The first-order valence-electron chi connectivity index (χ1n) is 18.8. The molecule has 7 amide bonds. The van der Waals surface area contributed by atoms with Crippen molar-refractivity contribution in [2.24, 2.45) is 11.7 Å². The van der Waals surface area contributed by atoms with E-state index in [9.17, 15) is 48.6 Å². The second-order valence-electron chi connectivity index (χ2n) is 14.2. The van der Waals surface area contributed by atoms with Crippen LogP contribution in [-0.4, -0.2) is 106 Å². The van der Waals surface area contributed by atoms with Crippen LogP contribution in [0.5, 0.6) is 5.75 Å². The zero-order valence-corrected chi connectivity index (χ0v) is 33.0. The second-order valence-corrected chi connectivity index (χ2v) is 14.2. The highest BCUT2D eigenvalue weighted by atomic mass is 16.6. The van der Waals surface area contributed by atoms with Crippen LogP contribution in [0, 0.1) is 5.92 Å². The van der Waals surface area contributed by atoms with Gasteiger partial charge in [0.05, 0.1) is 6.10 Å². The molecule has 0 aliphatic carbocycles. The third-order valence-electron chi connectivity index (χ3n) is 9.43. The summed E-state index contributed by atoms with van der Waals surface area (Å²) in [5, 5.41) is 35.2. The third kappa shape index (κ3) is 14.1. The lowest BCUT2D eigenvalue weighted by Gasteiger charge is -2.30. The lowest BCUT2D eigenvalue weighted by Crippen LogP contribution is -2.62. The average molecular weight is 812 g/mol. The van der Waals surface area contributed by atoms with Gasteiger partial charge in [-0.05, 0) is 56.4 Å². The number of esters is 1. The molecule has 1 fully saturated rings. The molecule has 10 N–H and O–H groups in total. The largest absolute Gasteiger partial charge is 0.508 e. The fourth-order valence-electron chi connectivity index (χ4n) is 5.77. The Morgan fingerprint density at radius 3 is 1.98 bits per heavy atom. The molecule has 19 heteroatoms. The fraction of sp³-hybridized carbons (Fsp3) is 0.487. The summed E-state index contributed by atoms with van der Waals surface area (Å²) in [6.07, 6.45) is -4.66. The van der Waals surface area contributed by atoms with Gasteiger partial charge in [0.2, 0.25) is 35.4 Å². The van der Waals surface area contributed by atoms with Gasteiger partial charge in [-0.2, -0.15) is 0 Å². The van der Waals surface area contributed by atoms with Crippen LogP contribution in [-0.2, 0) is 56.1 Å². The monoisotopic (exact) mass is 811 g/mol. The van der Waals surface area contributed by atoms with Crippen molar-refractivity contribution in [2.75, 3.05) is 0 Å². The molecule has 3 rings (SSSR count). The van der Waals surface area contributed by atoms with Crippen molar-refractivity contribution < 1.29 is 58.0 Å². The van der Waals surface area contributed by atoms with Gasteiger partial charge >= 0.3 is 12.1 Å². The van der Waals surface area contributed by atoms with Crippen LogP contribution in [0.15, 0.2) is 54.6 Å². The van der Waals surface area contributed by atoms with E-state index in [0.29, 0.717) is 17.5 Å². The minimum Gasteiger partial charge on any atom is -0.508 e. The number of hydrogen-bond donors (Lipinski definition) is 9. The number of nitrogens with two attached hydrogens (primary N) is 1. The average Bonchev–Trinajstić information content (AvgIpc) is 3.18. The highest BCUT2D eigenvalue weighted by molar-refractivity contribution is 5.97. The highest BCUT2D eigenvalue weighted by Gasteiger charge is 2.38. The second kappa shape index (κ2) is 21.9. The molecule has 1 saturated heterocycles. The Morgan fingerprint density at radius 1 is 0.793 bits per heavy atom. The number of rotatable bonds is 11. The predicted octanol–water partition coefficient (Wildman–Crippen LogP) is -0.689. The van der Waals surface area contributed by atoms with Crippen LogP contribution in [0.3, 0.4) is 0 Å². The minimum absolute atomic E-state index is 0.0699. The Balaban J connectivity index is 2.08. The molecule has 9 atom stereocenters. The van der Waals surface area contributed by atoms with Crippen LogP contribution >= 0.6 is 0 Å². The summed E-state index contributed by atoms with van der Waals surface area (Å²) in [6.45, 7) is 6.96.